The first-order valence-electron chi connectivity index (χ1n) is 28.0. The Labute approximate surface area is 396 Å². The molecule has 0 aliphatic heterocycles. The third-order valence-corrected chi connectivity index (χ3v) is 13.8. The van der Waals surface area contributed by atoms with Crippen LogP contribution in [-0.4, -0.2) is 62.3 Å². The van der Waals surface area contributed by atoms with E-state index in [1.54, 1.807) is 0 Å². The van der Waals surface area contributed by atoms with E-state index in [0.717, 1.165) is 0 Å². The molecule has 0 amide bonds. The molecule has 0 aromatic heterocycles. The van der Waals surface area contributed by atoms with E-state index in [2.05, 4.69) is 55.6 Å². The first kappa shape index (κ1) is 67.1. The molecule has 0 atom stereocenters. The van der Waals surface area contributed by atoms with Crippen LogP contribution in [-0.2, 0) is 0 Å². The zero-order chi connectivity index (χ0) is 42.9. The smallest absolute Gasteiger partial charge is 0.0784 e. The maximum absolute atomic E-state index is 2.59. The Hall–Kier alpha value is 0.500. The Balaban J connectivity index is -0.000000516. The largest absolute Gasteiger partial charge is 1.00 e. The quantitative estimate of drug-likeness (QED) is 0.0422. The molecule has 0 aliphatic carbocycles. The molecular weight excluding hydrogens is 772 g/mol. The Morgan fingerprint density at radius 1 is 0.167 bits per heavy atom. The van der Waals surface area contributed by atoms with E-state index >= 15 is 0 Å². The fourth-order valence-electron chi connectivity index (χ4n) is 9.37. The molecule has 0 radical (unpaired) electrons. The van der Waals surface area contributed by atoms with Crippen molar-refractivity contribution in [3.8, 4) is 0 Å². The molecule has 0 N–H and O–H groups in total. The molecule has 368 valence electrons. The molecule has 0 heterocycles. The SMILES string of the molecule is CCCCCCCCCC[N+](C)(CCCCCCCCCC)CCCCCCCCCC.CCCCCCCC[N+](C)(CCCCCCCC)CCCCCCCC.[Cl-].[Cl-]. The normalized spacial score (nSPS) is 11.6. The molecular formula is C56H120Cl2N2. The molecule has 0 fully saturated rings. The summed E-state index contributed by atoms with van der Waals surface area (Å²) in [5.74, 6) is 0. The number of hydrogen-bond donors (Lipinski definition) is 0. The third-order valence-electron chi connectivity index (χ3n) is 13.8. The molecule has 0 saturated heterocycles. The van der Waals surface area contributed by atoms with Gasteiger partial charge < -0.3 is 33.8 Å². The van der Waals surface area contributed by atoms with Gasteiger partial charge in [0.1, 0.15) is 0 Å². The van der Waals surface area contributed by atoms with Crippen LogP contribution in [0.1, 0.15) is 311 Å². The molecule has 0 rings (SSSR count). The second-order valence-electron chi connectivity index (χ2n) is 20.3. The first-order chi connectivity index (χ1) is 28.4. The lowest BCUT2D eigenvalue weighted by molar-refractivity contribution is -0.910. The van der Waals surface area contributed by atoms with Gasteiger partial charge in [0.05, 0.1) is 53.4 Å². The van der Waals surface area contributed by atoms with Crippen molar-refractivity contribution >= 4 is 0 Å². The van der Waals surface area contributed by atoms with Crippen LogP contribution in [0.25, 0.3) is 0 Å². The van der Waals surface area contributed by atoms with Gasteiger partial charge in [-0.2, -0.15) is 0 Å². The molecule has 0 bridgehead atoms. The van der Waals surface area contributed by atoms with Crippen molar-refractivity contribution in [1.29, 1.82) is 0 Å². The van der Waals surface area contributed by atoms with Gasteiger partial charge in [-0.1, -0.05) is 234 Å². The lowest BCUT2D eigenvalue weighted by atomic mass is 10.1. The highest BCUT2D eigenvalue weighted by atomic mass is 35.5. The highest BCUT2D eigenvalue weighted by molar-refractivity contribution is 4.54. The van der Waals surface area contributed by atoms with E-state index in [9.17, 15) is 0 Å². The van der Waals surface area contributed by atoms with Gasteiger partial charge in [0, 0.05) is 0 Å². The third kappa shape index (κ3) is 52.8. The second kappa shape index (κ2) is 55.6. The summed E-state index contributed by atoms with van der Waals surface area (Å²) in [5.41, 5.74) is 0. The van der Waals surface area contributed by atoms with E-state index in [0.29, 0.717) is 0 Å². The average Bonchev–Trinajstić information content (AvgIpc) is 3.22. The number of quaternary nitrogens is 2. The van der Waals surface area contributed by atoms with E-state index in [4.69, 9.17) is 0 Å². The van der Waals surface area contributed by atoms with Gasteiger partial charge >= 0.3 is 0 Å². The molecule has 0 aromatic carbocycles. The minimum absolute atomic E-state index is 0. The molecule has 0 aliphatic rings. The zero-order valence-corrected chi connectivity index (χ0v) is 45.1. The van der Waals surface area contributed by atoms with Crippen molar-refractivity contribution in [2.75, 3.05) is 53.4 Å². The highest BCUT2D eigenvalue weighted by Gasteiger charge is 2.21. The second-order valence-corrected chi connectivity index (χ2v) is 20.3. The summed E-state index contributed by atoms with van der Waals surface area (Å²) in [6.45, 7) is 22.5. The van der Waals surface area contributed by atoms with Crippen molar-refractivity contribution in [3.05, 3.63) is 0 Å². The zero-order valence-electron chi connectivity index (χ0n) is 43.6. The van der Waals surface area contributed by atoms with Crippen LogP contribution in [0.2, 0.25) is 0 Å². The van der Waals surface area contributed by atoms with Gasteiger partial charge in [-0.05, 0) is 77.0 Å². The molecule has 0 aromatic rings. The Morgan fingerprint density at radius 2 is 0.267 bits per heavy atom. The maximum Gasteiger partial charge on any atom is 0.0784 e. The monoisotopic (exact) mass is 891 g/mol. The fourth-order valence-corrected chi connectivity index (χ4v) is 9.37. The van der Waals surface area contributed by atoms with Crippen molar-refractivity contribution < 1.29 is 33.8 Å². The Bertz CT molecular complexity index is 639. The number of rotatable bonds is 48. The fraction of sp³-hybridized carbons (Fsp3) is 1.00. The van der Waals surface area contributed by atoms with E-state index in [1.807, 2.05) is 0 Å². The van der Waals surface area contributed by atoms with Crippen molar-refractivity contribution in [2.24, 2.45) is 0 Å². The summed E-state index contributed by atoms with van der Waals surface area (Å²) in [6, 6.07) is 0. The van der Waals surface area contributed by atoms with E-state index in [-0.39, 0.29) is 24.8 Å². The molecule has 4 heteroatoms. The number of halogens is 2. The predicted molar refractivity (Wildman–Crippen MR) is 270 cm³/mol. The van der Waals surface area contributed by atoms with Crippen molar-refractivity contribution in [3.63, 3.8) is 0 Å². The highest BCUT2D eigenvalue weighted by Crippen LogP contribution is 2.19. The van der Waals surface area contributed by atoms with Crippen molar-refractivity contribution in [1.82, 2.24) is 0 Å². The molecule has 2 nitrogen and oxygen atoms in total. The molecule has 0 unspecified atom stereocenters. The number of unbranched alkanes of at least 4 members (excludes halogenated alkanes) is 36. The first-order valence-corrected chi connectivity index (χ1v) is 28.0. The molecule has 0 saturated carbocycles. The summed E-state index contributed by atoms with van der Waals surface area (Å²) >= 11 is 0. The summed E-state index contributed by atoms with van der Waals surface area (Å²) in [4.78, 5) is 0. The van der Waals surface area contributed by atoms with Crippen LogP contribution in [0.5, 0.6) is 0 Å². The Kier molecular flexibility index (Phi) is 62.2. The number of nitrogens with zero attached hydrogens (tertiary/aromatic N) is 2. The van der Waals surface area contributed by atoms with Crippen LogP contribution in [0, 0.1) is 0 Å². The minimum atomic E-state index is 0. The van der Waals surface area contributed by atoms with Crippen LogP contribution < -0.4 is 24.8 Å². The van der Waals surface area contributed by atoms with Crippen LogP contribution in [0.3, 0.4) is 0 Å². The van der Waals surface area contributed by atoms with Gasteiger partial charge in [-0.25, -0.2) is 0 Å². The van der Waals surface area contributed by atoms with Gasteiger partial charge in [-0.15, -0.1) is 0 Å². The van der Waals surface area contributed by atoms with Gasteiger partial charge in [-0.3, -0.25) is 0 Å². The predicted octanol–water partition coefficient (Wildman–Crippen LogP) is 13.4. The summed E-state index contributed by atoms with van der Waals surface area (Å²) in [6.07, 6.45) is 60.7. The summed E-state index contributed by atoms with van der Waals surface area (Å²) in [5, 5.41) is 0. The molecule has 0 spiro atoms. The topological polar surface area (TPSA) is 0 Å². The maximum atomic E-state index is 2.59. The van der Waals surface area contributed by atoms with E-state index < -0.39 is 0 Å². The van der Waals surface area contributed by atoms with Gasteiger partial charge in [0.15, 0.2) is 0 Å². The average molecular weight is 892 g/mol. The van der Waals surface area contributed by atoms with Gasteiger partial charge in [0.2, 0.25) is 0 Å². The van der Waals surface area contributed by atoms with Gasteiger partial charge in [0.25, 0.3) is 0 Å². The minimum Gasteiger partial charge on any atom is -1.00 e. The lowest BCUT2D eigenvalue weighted by Crippen LogP contribution is -3.00. The molecule has 60 heavy (non-hydrogen) atoms. The van der Waals surface area contributed by atoms with Crippen LogP contribution in [0.15, 0.2) is 0 Å². The van der Waals surface area contributed by atoms with Crippen LogP contribution >= 0.6 is 0 Å². The summed E-state index contributed by atoms with van der Waals surface area (Å²) < 4.78 is 2.72. The Morgan fingerprint density at radius 3 is 0.383 bits per heavy atom. The van der Waals surface area contributed by atoms with Crippen molar-refractivity contribution in [2.45, 2.75) is 311 Å². The number of hydrogen-bond acceptors (Lipinski definition) is 0. The van der Waals surface area contributed by atoms with Crippen LogP contribution in [0.4, 0.5) is 0 Å². The van der Waals surface area contributed by atoms with E-state index in [1.165, 1.54) is 318 Å². The summed E-state index contributed by atoms with van der Waals surface area (Å²) in [7, 11) is 5.15. The standard InChI is InChI=1S/C31H66N.C25H54N.2ClH/c1-5-8-11-14-17-20-23-26-29-32(4,30-27-24-21-18-15-12-9-6-2)31-28-25-22-19-16-13-10-7-3;1-5-8-11-14-17-20-23-26(4,24-21-18-15-12-9-6-2)25-22-19-16-13-10-7-3;;/h5-31H2,1-4H3;5-25H2,1-4H3;2*1H/q2*+1;;/p-2. The lowest BCUT2D eigenvalue weighted by Gasteiger charge is -2.35.